The molecule has 0 bridgehead atoms. The number of carbonyl (C=O) groups excluding carboxylic acids is 1. The molecule has 1 aromatic heterocycles. The number of anilines is 1. The topological polar surface area (TPSA) is 83.4 Å². The number of para-hydroxylation sites is 1. The summed E-state index contributed by atoms with van der Waals surface area (Å²) in [5.41, 5.74) is 1.57. The lowest BCUT2D eigenvalue weighted by molar-refractivity contribution is -0.142. The molecule has 1 unspecified atom stereocenters. The van der Waals surface area contributed by atoms with Crippen molar-refractivity contribution in [1.29, 1.82) is 0 Å². The van der Waals surface area contributed by atoms with E-state index in [2.05, 4.69) is 10.6 Å². The summed E-state index contributed by atoms with van der Waals surface area (Å²) in [5.74, 6) is -1.80. The average Bonchev–Trinajstić information content (AvgIpc) is 2.67. The molecule has 2 aromatic rings. The molecule has 6 nitrogen and oxygen atoms in total. The van der Waals surface area contributed by atoms with E-state index >= 15 is 0 Å². The number of carboxylic acid groups (broad SMARTS) is 1. The third-order valence-electron chi connectivity index (χ3n) is 2.95. The molecule has 0 aliphatic rings. The lowest BCUT2D eigenvalue weighted by atomic mass is 10.2. The molecule has 6 heteroatoms. The van der Waals surface area contributed by atoms with Crippen LogP contribution in [0.15, 0.2) is 30.5 Å². The molecule has 0 radical (unpaired) electrons. The Labute approximate surface area is 110 Å². The number of fused-ring (bicyclic) bond motifs is 1. The third-order valence-corrected chi connectivity index (χ3v) is 2.95. The van der Waals surface area contributed by atoms with Crippen LogP contribution in [0.4, 0.5) is 5.69 Å². The fourth-order valence-electron chi connectivity index (χ4n) is 2.01. The summed E-state index contributed by atoms with van der Waals surface area (Å²) in [5, 5.41) is 14.9. The SMILES string of the molecule is CNC(C(=O)O)C(=O)Nc1cn(C)c2ccccc12. The van der Waals surface area contributed by atoms with Gasteiger partial charge in [0.2, 0.25) is 0 Å². The first-order valence-corrected chi connectivity index (χ1v) is 5.79. The van der Waals surface area contributed by atoms with Gasteiger partial charge in [-0.05, 0) is 13.1 Å². The second kappa shape index (κ2) is 5.11. The minimum atomic E-state index is -1.26. The van der Waals surface area contributed by atoms with E-state index in [9.17, 15) is 9.59 Å². The van der Waals surface area contributed by atoms with E-state index in [0.29, 0.717) is 5.69 Å². The summed E-state index contributed by atoms with van der Waals surface area (Å²) in [6.07, 6.45) is 1.76. The molecular weight excluding hydrogens is 246 g/mol. The largest absolute Gasteiger partial charge is 0.480 e. The molecule has 1 amide bonds. The van der Waals surface area contributed by atoms with Gasteiger partial charge in [-0.15, -0.1) is 0 Å². The van der Waals surface area contributed by atoms with Crippen LogP contribution in [-0.2, 0) is 16.6 Å². The Bertz CT molecular complexity index is 633. The van der Waals surface area contributed by atoms with Crippen molar-refractivity contribution in [2.24, 2.45) is 7.05 Å². The number of hydrogen-bond donors (Lipinski definition) is 3. The minimum absolute atomic E-state index is 0.591. The van der Waals surface area contributed by atoms with E-state index in [4.69, 9.17) is 5.11 Å². The van der Waals surface area contributed by atoms with Crippen LogP contribution in [-0.4, -0.2) is 34.6 Å². The number of aliphatic carboxylic acids is 1. The fraction of sp³-hybridized carbons (Fsp3) is 0.231. The molecule has 1 aromatic carbocycles. The maximum atomic E-state index is 11.9. The Morgan fingerprint density at radius 1 is 1.32 bits per heavy atom. The zero-order valence-electron chi connectivity index (χ0n) is 10.7. The van der Waals surface area contributed by atoms with Crippen molar-refractivity contribution in [3.05, 3.63) is 30.5 Å². The molecule has 100 valence electrons. The lowest BCUT2D eigenvalue weighted by Crippen LogP contribution is -2.44. The molecule has 0 saturated carbocycles. The van der Waals surface area contributed by atoms with E-state index in [0.717, 1.165) is 10.9 Å². The second-order valence-electron chi connectivity index (χ2n) is 4.22. The van der Waals surface area contributed by atoms with Gasteiger partial charge in [0.1, 0.15) is 0 Å². The monoisotopic (exact) mass is 261 g/mol. The molecule has 0 fully saturated rings. The molecular formula is C13H15N3O3. The summed E-state index contributed by atoms with van der Waals surface area (Å²) in [7, 11) is 3.30. The van der Waals surface area contributed by atoms with Crippen LogP contribution in [0.25, 0.3) is 10.9 Å². The predicted molar refractivity (Wildman–Crippen MR) is 72.0 cm³/mol. The Balaban J connectivity index is 2.31. The maximum Gasteiger partial charge on any atom is 0.330 e. The summed E-state index contributed by atoms with van der Waals surface area (Å²) < 4.78 is 1.88. The van der Waals surface area contributed by atoms with Gasteiger partial charge < -0.3 is 15.0 Å². The number of nitrogens with zero attached hydrogens (tertiary/aromatic N) is 1. The molecule has 0 saturated heterocycles. The highest BCUT2D eigenvalue weighted by atomic mass is 16.4. The van der Waals surface area contributed by atoms with E-state index in [-0.39, 0.29) is 0 Å². The minimum Gasteiger partial charge on any atom is -0.480 e. The molecule has 0 spiro atoms. The van der Waals surface area contributed by atoms with Gasteiger partial charge in [-0.2, -0.15) is 0 Å². The van der Waals surface area contributed by atoms with Crippen molar-refractivity contribution in [2.45, 2.75) is 6.04 Å². The number of amides is 1. The van der Waals surface area contributed by atoms with Gasteiger partial charge in [0.05, 0.1) is 5.69 Å². The van der Waals surface area contributed by atoms with Crippen molar-refractivity contribution >= 4 is 28.5 Å². The molecule has 1 heterocycles. The Morgan fingerprint density at radius 3 is 2.63 bits per heavy atom. The van der Waals surface area contributed by atoms with Crippen LogP contribution in [0.5, 0.6) is 0 Å². The van der Waals surface area contributed by atoms with Crippen molar-refractivity contribution in [1.82, 2.24) is 9.88 Å². The summed E-state index contributed by atoms with van der Waals surface area (Å²) in [4.78, 5) is 22.8. The number of aryl methyl sites for hydroxylation is 1. The predicted octanol–water partition coefficient (Wildman–Crippen LogP) is 0.789. The van der Waals surface area contributed by atoms with Gasteiger partial charge in [0, 0.05) is 24.1 Å². The molecule has 0 aliphatic heterocycles. The van der Waals surface area contributed by atoms with Crippen LogP contribution >= 0.6 is 0 Å². The molecule has 19 heavy (non-hydrogen) atoms. The van der Waals surface area contributed by atoms with Crippen molar-refractivity contribution in [3.8, 4) is 0 Å². The summed E-state index contributed by atoms with van der Waals surface area (Å²) in [6, 6.07) is 6.31. The number of benzene rings is 1. The van der Waals surface area contributed by atoms with Gasteiger partial charge >= 0.3 is 5.97 Å². The van der Waals surface area contributed by atoms with Gasteiger partial charge in [0.15, 0.2) is 6.04 Å². The average molecular weight is 261 g/mol. The van der Waals surface area contributed by atoms with Crippen molar-refractivity contribution < 1.29 is 14.7 Å². The van der Waals surface area contributed by atoms with Crippen LogP contribution in [0.2, 0.25) is 0 Å². The number of aromatic nitrogens is 1. The number of hydrogen-bond acceptors (Lipinski definition) is 3. The zero-order valence-corrected chi connectivity index (χ0v) is 10.7. The van der Waals surface area contributed by atoms with Crippen molar-refractivity contribution in [3.63, 3.8) is 0 Å². The number of carboxylic acids is 1. The number of likely N-dealkylation sites (N-methyl/N-ethyl adjacent to an activating group) is 1. The van der Waals surface area contributed by atoms with Crippen LogP contribution in [0.1, 0.15) is 0 Å². The quantitative estimate of drug-likeness (QED) is 0.710. The second-order valence-corrected chi connectivity index (χ2v) is 4.22. The van der Waals surface area contributed by atoms with Crippen LogP contribution < -0.4 is 10.6 Å². The molecule has 3 N–H and O–H groups in total. The van der Waals surface area contributed by atoms with E-state index in [1.165, 1.54) is 7.05 Å². The maximum absolute atomic E-state index is 11.9. The summed E-state index contributed by atoms with van der Waals surface area (Å²) >= 11 is 0. The third kappa shape index (κ3) is 2.43. The van der Waals surface area contributed by atoms with Crippen LogP contribution in [0, 0.1) is 0 Å². The molecule has 1 atom stereocenters. The first-order valence-electron chi connectivity index (χ1n) is 5.79. The Kier molecular flexibility index (Phi) is 3.52. The zero-order chi connectivity index (χ0) is 14.0. The number of carbonyl (C=O) groups is 2. The highest BCUT2D eigenvalue weighted by Gasteiger charge is 2.24. The number of rotatable bonds is 4. The normalized spacial score (nSPS) is 12.3. The van der Waals surface area contributed by atoms with Crippen molar-refractivity contribution in [2.75, 3.05) is 12.4 Å². The first-order chi connectivity index (χ1) is 9.04. The summed E-state index contributed by atoms with van der Waals surface area (Å²) in [6.45, 7) is 0. The van der Waals surface area contributed by atoms with Gasteiger partial charge in [-0.1, -0.05) is 18.2 Å². The van der Waals surface area contributed by atoms with E-state index < -0.39 is 17.9 Å². The van der Waals surface area contributed by atoms with E-state index in [1.54, 1.807) is 6.20 Å². The Hall–Kier alpha value is -2.34. The Morgan fingerprint density at radius 2 is 2.00 bits per heavy atom. The molecule has 0 aliphatic carbocycles. The van der Waals surface area contributed by atoms with Gasteiger partial charge in [-0.25, -0.2) is 4.79 Å². The lowest BCUT2D eigenvalue weighted by Gasteiger charge is -2.10. The standard InChI is InChI=1S/C13H15N3O3/c1-14-11(13(18)19)12(17)15-9-7-16(2)10-6-4-3-5-8(9)10/h3-7,11,14H,1-2H3,(H,15,17)(H,18,19). The van der Waals surface area contributed by atoms with Gasteiger partial charge in [-0.3, -0.25) is 10.1 Å². The van der Waals surface area contributed by atoms with Crippen LogP contribution in [0.3, 0.4) is 0 Å². The fourth-order valence-corrected chi connectivity index (χ4v) is 2.01. The highest BCUT2D eigenvalue weighted by Crippen LogP contribution is 2.24. The van der Waals surface area contributed by atoms with E-state index in [1.807, 2.05) is 35.9 Å². The smallest absolute Gasteiger partial charge is 0.330 e. The highest BCUT2D eigenvalue weighted by molar-refractivity contribution is 6.11. The first kappa shape index (κ1) is 13.1. The molecule has 2 rings (SSSR count). The number of nitrogens with one attached hydrogen (secondary N) is 2. The van der Waals surface area contributed by atoms with Gasteiger partial charge in [0.25, 0.3) is 5.91 Å².